The fourth-order valence-corrected chi connectivity index (χ4v) is 2.76. The van der Waals surface area contributed by atoms with Crippen LogP contribution in [-0.2, 0) is 0 Å². The molecular formula is C12H8Cl2N2O4. The van der Waals surface area contributed by atoms with Gasteiger partial charge in [-0.25, -0.2) is 0 Å². The van der Waals surface area contributed by atoms with Gasteiger partial charge in [0.25, 0.3) is 17.5 Å². The van der Waals surface area contributed by atoms with Gasteiger partial charge in [0, 0.05) is 24.6 Å². The summed E-state index contributed by atoms with van der Waals surface area (Å²) in [6.45, 7) is 0.132. The SMILES string of the molecule is O=C1c2ccc([N+](=O)[O-])cc2C(=O)N1C[C@@H]1CC1(Cl)Cl. The van der Waals surface area contributed by atoms with E-state index in [9.17, 15) is 19.7 Å². The Balaban J connectivity index is 1.90. The van der Waals surface area contributed by atoms with Gasteiger partial charge in [-0.1, -0.05) is 0 Å². The molecular weight excluding hydrogens is 307 g/mol. The fourth-order valence-electron chi connectivity index (χ4n) is 2.25. The number of nitro groups is 1. The topological polar surface area (TPSA) is 80.5 Å². The zero-order chi connectivity index (χ0) is 14.7. The fraction of sp³-hybridized carbons (Fsp3) is 0.333. The zero-order valence-electron chi connectivity index (χ0n) is 10.0. The molecule has 1 atom stereocenters. The third-order valence-electron chi connectivity index (χ3n) is 3.52. The highest BCUT2D eigenvalue weighted by molar-refractivity contribution is 6.50. The Morgan fingerprint density at radius 2 is 1.90 bits per heavy atom. The molecule has 0 N–H and O–H groups in total. The van der Waals surface area contributed by atoms with Gasteiger partial charge in [-0.05, 0) is 12.5 Å². The van der Waals surface area contributed by atoms with E-state index in [-0.39, 0.29) is 29.3 Å². The summed E-state index contributed by atoms with van der Waals surface area (Å²) in [4.78, 5) is 35.4. The summed E-state index contributed by atoms with van der Waals surface area (Å²) in [6.07, 6.45) is 0.518. The van der Waals surface area contributed by atoms with Gasteiger partial charge in [0.2, 0.25) is 0 Å². The number of carbonyl (C=O) groups excluding carboxylic acids is 2. The maximum Gasteiger partial charge on any atom is 0.270 e. The average molecular weight is 315 g/mol. The van der Waals surface area contributed by atoms with Crippen LogP contribution >= 0.6 is 23.2 Å². The number of fused-ring (bicyclic) bond motifs is 1. The molecule has 1 aliphatic carbocycles. The summed E-state index contributed by atoms with van der Waals surface area (Å²) in [6, 6.07) is 3.63. The second-order valence-corrected chi connectivity index (χ2v) is 6.41. The van der Waals surface area contributed by atoms with Crippen LogP contribution in [0.5, 0.6) is 0 Å². The normalized spacial score (nSPS) is 22.9. The largest absolute Gasteiger partial charge is 0.274 e. The van der Waals surface area contributed by atoms with Gasteiger partial charge in [0.05, 0.1) is 16.1 Å². The number of imide groups is 1. The van der Waals surface area contributed by atoms with E-state index >= 15 is 0 Å². The number of hydrogen-bond donors (Lipinski definition) is 0. The first-order chi connectivity index (χ1) is 9.31. The van der Waals surface area contributed by atoms with Gasteiger partial charge < -0.3 is 0 Å². The van der Waals surface area contributed by atoms with Crippen molar-refractivity contribution in [1.29, 1.82) is 0 Å². The number of non-ortho nitro benzene ring substituents is 1. The molecule has 20 heavy (non-hydrogen) atoms. The summed E-state index contributed by atoms with van der Waals surface area (Å²) >= 11 is 11.8. The Kier molecular flexibility index (Phi) is 2.78. The first kappa shape index (κ1) is 13.3. The minimum absolute atomic E-state index is 0.0552. The van der Waals surface area contributed by atoms with E-state index in [0.29, 0.717) is 6.42 Å². The van der Waals surface area contributed by atoms with E-state index in [1.807, 2.05) is 0 Å². The van der Waals surface area contributed by atoms with E-state index in [0.717, 1.165) is 11.0 Å². The van der Waals surface area contributed by atoms with E-state index in [1.165, 1.54) is 12.1 Å². The maximum atomic E-state index is 12.2. The van der Waals surface area contributed by atoms with Crippen molar-refractivity contribution >= 4 is 40.7 Å². The maximum absolute atomic E-state index is 12.2. The monoisotopic (exact) mass is 314 g/mol. The molecule has 2 amide bonds. The summed E-state index contributed by atoms with van der Waals surface area (Å²) in [7, 11) is 0. The molecule has 0 spiro atoms. The number of halogens is 2. The summed E-state index contributed by atoms with van der Waals surface area (Å²) < 4.78 is -0.888. The molecule has 1 aromatic carbocycles. The number of nitrogens with zero attached hydrogens (tertiary/aromatic N) is 2. The average Bonchev–Trinajstić information content (AvgIpc) is 2.93. The standard InChI is InChI=1S/C12H8Cl2N2O4/c13-12(14)4-6(12)5-15-10(17)8-2-1-7(16(19)20)3-9(8)11(15)18/h1-3,6H,4-5H2/t6-/m0/s1. The number of hydrogen-bond acceptors (Lipinski definition) is 4. The molecule has 104 valence electrons. The van der Waals surface area contributed by atoms with E-state index in [2.05, 4.69) is 0 Å². The van der Waals surface area contributed by atoms with Gasteiger partial charge >= 0.3 is 0 Å². The van der Waals surface area contributed by atoms with Crippen molar-refractivity contribution in [2.45, 2.75) is 10.8 Å². The smallest absolute Gasteiger partial charge is 0.270 e. The number of alkyl halides is 2. The molecule has 6 nitrogen and oxygen atoms in total. The molecule has 0 unspecified atom stereocenters. The minimum atomic E-state index is -0.888. The Labute approximate surface area is 123 Å². The zero-order valence-corrected chi connectivity index (χ0v) is 11.5. The number of nitro benzene ring substituents is 1. The lowest BCUT2D eigenvalue weighted by atomic mass is 10.1. The first-order valence-electron chi connectivity index (χ1n) is 5.84. The molecule has 0 aromatic heterocycles. The molecule has 1 aromatic rings. The van der Waals surface area contributed by atoms with Crippen molar-refractivity contribution in [2.24, 2.45) is 5.92 Å². The molecule has 1 aliphatic heterocycles. The lowest BCUT2D eigenvalue weighted by Crippen LogP contribution is -2.32. The van der Waals surface area contributed by atoms with Crippen LogP contribution < -0.4 is 0 Å². The molecule has 3 rings (SSSR count). The molecule has 1 saturated carbocycles. The van der Waals surface area contributed by atoms with Crippen LogP contribution in [0, 0.1) is 16.0 Å². The Morgan fingerprint density at radius 3 is 2.45 bits per heavy atom. The predicted molar refractivity (Wildman–Crippen MR) is 71.0 cm³/mol. The third-order valence-corrected chi connectivity index (χ3v) is 4.45. The summed E-state index contributed by atoms with van der Waals surface area (Å²) in [5.74, 6) is -1.15. The van der Waals surface area contributed by atoms with Gasteiger partial charge in [-0.2, -0.15) is 0 Å². The van der Waals surface area contributed by atoms with Gasteiger partial charge in [0.15, 0.2) is 0 Å². The molecule has 0 saturated heterocycles. The number of amides is 2. The van der Waals surface area contributed by atoms with Crippen LogP contribution in [-0.4, -0.2) is 32.5 Å². The molecule has 0 radical (unpaired) electrons. The van der Waals surface area contributed by atoms with Crippen LogP contribution in [0.2, 0.25) is 0 Å². The third kappa shape index (κ3) is 1.96. The second-order valence-electron chi connectivity index (χ2n) is 4.87. The van der Waals surface area contributed by atoms with E-state index in [4.69, 9.17) is 23.2 Å². The Hall–Kier alpha value is -1.66. The van der Waals surface area contributed by atoms with Crippen LogP contribution in [0.25, 0.3) is 0 Å². The van der Waals surface area contributed by atoms with Gasteiger partial charge in [0.1, 0.15) is 4.33 Å². The minimum Gasteiger partial charge on any atom is -0.274 e. The molecule has 1 heterocycles. The van der Waals surface area contributed by atoms with Crippen LogP contribution in [0.3, 0.4) is 0 Å². The van der Waals surface area contributed by atoms with Crippen molar-refractivity contribution in [2.75, 3.05) is 6.54 Å². The van der Waals surface area contributed by atoms with Crippen molar-refractivity contribution in [3.63, 3.8) is 0 Å². The predicted octanol–water partition coefficient (Wildman–Crippen LogP) is 2.38. The van der Waals surface area contributed by atoms with Crippen LogP contribution in [0.4, 0.5) is 5.69 Å². The number of rotatable bonds is 3. The lowest BCUT2D eigenvalue weighted by molar-refractivity contribution is -0.384. The quantitative estimate of drug-likeness (QED) is 0.371. The number of carbonyl (C=O) groups is 2. The number of benzene rings is 1. The lowest BCUT2D eigenvalue weighted by Gasteiger charge is -2.13. The highest BCUT2D eigenvalue weighted by atomic mass is 35.5. The second kappa shape index (κ2) is 4.17. The molecule has 2 aliphatic rings. The summed E-state index contributed by atoms with van der Waals surface area (Å²) in [5.41, 5.74) is 0.0118. The first-order valence-corrected chi connectivity index (χ1v) is 6.59. The van der Waals surface area contributed by atoms with Crippen LogP contribution in [0.1, 0.15) is 27.1 Å². The summed E-state index contributed by atoms with van der Waals surface area (Å²) in [5, 5.41) is 10.7. The molecule has 1 fully saturated rings. The van der Waals surface area contributed by atoms with E-state index < -0.39 is 21.1 Å². The highest BCUT2D eigenvalue weighted by Crippen LogP contribution is 2.53. The highest BCUT2D eigenvalue weighted by Gasteiger charge is 2.54. The molecule has 8 heteroatoms. The van der Waals surface area contributed by atoms with Crippen molar-refractivity contribution < 1.29 is 14.5 Å². The Bertz CT molecular complexity index is 659. The van der Waals surface area contributed by atoms with Crippen molar-refractivity contribution in [3.8, 4) is 0 Å². The van der Waals surface area contributed by atoms with Gasteiger partial charge in [-0.3, -0.25) is 24.6 Å². The van der Waals surface area contributed by atoms with Crippen molar-refractivity contribution in [1.82, 2.24) is 4.90 Å². The van der Waals surface area contributed by atoms with Crippen molar-refractivity contribution in [3.05, 3.63) is 39.4 Å². The van der Waals surface area contributed by atoms with Crippen LogP contribution in [0.15, 0.2) is 18.2 Å². The molecule has 0 bridgehead atoms. The Morgan fingerprint density at radius 1 is 1.30 bits per heavy atom. The van der Waals surface area contributed by atoms with E-state index in [1.54, 1.807) is 0 Å². The van der Waals surface area contributed by atoms with Gasteiger partial charge in [-0.15, -0.1) is 23.2 Å².